The maximum atomic E-state index is 14.4. The first-order valence-electron chi connectivity index (χ1n) is 10.0. The molecule has 6 heteroatoms. The van der Waals surface area contributed by atoms with E-state index < -0.39 is 0 Å². The average Bonchev–Trinajstić information content (AvgIpc) is 2.70. The first-order chi connectivity index (χ1) is 13.9. The summed E-state index contributed by atoms with van der Waals surface area (Å²) in [5.74, 6) is -0.554. The van der Waals surface area contributed by atoms with E-state index in [-0.39, 0.29) is 17.5 Å². The van der Waals surface area contributed by atoms with Crippen LogP contribution in [0.25, 0.3) is 0 Å². The topological polar surface area (TPSA) is 52.7 Å². The van der Waals surface area contributed by atoms with Crippen molar-refractivity contribution in [3.8, 4) is 0 Å². The molecule has 1 aliphatic rings. The number of nitrogens with zero attached hydrogens (tertiary/aromatic N) is 2. The summed E-state index contributed by atoms with van der Waals surface area (Å²) in [6.45, 7) is 8.44. The van der Waals surface area contributed by atoms with Crippen LogP contribution in [0.5, 0.6) is 0 Å². The summed E-state index contributed by atoms with van der Waals surface area (Å²) in [6.07, 6.45) is 0.865. The molecular formula is C23H28FN3O2. The molecule has 0 spiro atoms. The van der Waals surface area contributed by atoms with Crippen LogP contribution in [0, 0.1) is 12.7 Å². The zero-order valence-corrected chi connectivity index (χ0v) is 17.3. The van der Waals surface area contributed by atoms with Crippen LogP contribution in [0.15, 0.2) is 36.4 Å². The third kappa shape index (κ3) is 5.01. The molecule has 154 valence electrons. The summed E-state index contributed by atoms with van der Waals surface area (Å²) in [4.78, 5) is 28.0. The molecule has 1 saturated heterocycles. The molecule has 3 rings (SSSR count). The Morgan fingerprint density at radius 2 is 1.83 bits per heavy atom. The number of anilines is 2. The summed E-state index contributed by atoms with van der Waals surface area (Å²) in [5, 5.41) is 3.06. The number of nitrogens with one attached hydrogen (secondary N) is 1. The lowest BCUT2D eigenvalue weighted by atomic mass is 10.1. The molecule has 1 heterocycles. The highest BCUT2D eigenvalue weighted by Crippen LogP contribution is 2.23. The number of carbonyl (C=O) groups excluding carboxylic acids is 2. The number of benzene rings is 2. The first kappa shape index (κ1) is 21.0. The van der Waals surface area contributed by atoms with Gasteiger partial charge in [0.1, 0.15) is 5.82 Å². The lowest BCUT2D eigenvalue weighted by molar-refractivity contribution is -0.117. The maximum Gasteiger partial charge on any atom is 0.238 e. The number of carbonyl (C=O) groups is 2. The van der Waals surface area contributed by atoms with Crippen LogP contribution >= 0.6 is 0 Å². The number of hydrogen-bond donors (Lipinski definition) is 1. The van der Waals surface area contributed by atoms with Gasteiger partial charge in [-0.3, -0.25) is 14.5 Å². The highest BCUT2D eigenvalue weighted by Gasteiger charge is 2.22. The van der Waals surface area contributed by atoms with Gasteiger partial charge in [-0.05, 0) is 49.6 Å². The summed E-state index contributed by atoms with van der Waals surface area (Å²) in [7, 11) is 0. The smallest absolute Gasteiger partial charge is 0.238 e. The standard InChI is InChI=1S/C23H28FN3O2/c1-4-18-7-5-6-16(2)23(18)25-22(29)15-26-10-12-27(13-11-26)21-9-8-19(17(3)28)14-20(21)24/h5-9,14H,4,10-13,15H2,1-3H3,(H,25,29). The van der Waals surface area contributed by atoms with Gasteiger partial charge in [-0.15, -0.1) is 0 Å². The Labute approximate surface area is 171 Å². The van der Waals surface area contributed by atoms with Gasteiger partial charge in [0.15, 0.2) is 5.78 Å². The van der Waals surface area contributed by atoms with E-state index in [9.17, 15) is 14.0 Å². The lowest BCUT2D eigenvalue weighted by Crippen LogP contribution is -2.49. The van der Waals surface area contributed by atoms with Crippen molar-refractivity contribution in [1.29, 1.82) is 0 Å². The molecule has 0 bridgehead atoms. The molecule has 1 amide bonds. The van der Waals surface area contributed by atoms with Crippen LogP contribution in [0.2, 0.25) is 0 Å². The minimum Gasteiger partial charge on any atom is -0.367 e. The molecule has 29 heavy (non-hydrogen) atoms. The number of rotatable bonds is 6. The van der Waals surface area contributed by atoms with Crippen molar-refractivity contribution in [3.63, 3.8) is 0 Å². The Balaban J connectivity index is 1.56. The highest BCUT2D eigenvalue weighted by atomic mass is 19.1. The third-order valence-electron chi connectivity index (χ3n) is 5.44. The second-order valence-corrected chi connectivity index (χ2v) is 7.50. The highest BCUT2D eigenvalue weighted by molar-refractivity contribution is 5.94. The minimum absolute atomic E-state index is 0.0283. The number of Topliss-reactive ketones (excluding diaryl/α,β-unsaturated/α-hetero) is 1. The van der Waals surface area contributed by atoms with Gasteiger partial charge in [0.05, 0.1) is 12.2 Å². The molecule has 2 aromatic carbocycles. The molecule has 1 fully saturated rings. The Bertz CT molecular complexity index is 905. The quantitative estimate of drug-likeness (QED) is 0.756. The third-order valence-corrected chi connectivity index (χ3v) is 5.44. The van der Waals surface area contributed by atoms with Crippen molar-refractivity contribution in [3.05, 3.63) is 58.9 Å². The first-order valence-corrected chi connectivity index (χ1v) is 10.0. The predicted molar refractivity (Wildman–Crippen MR) is 114 cm³/mol. The molecule has 1 aliphatic heterocycles. The van der Waals surface area contributed by atoms with E-state index in [2.05, 4.69) is 17.1 Å². The summed E-state index contributed by atoms with van der Waals surface area (Å²) in [5.41, 5.74) is 3.99. The fourth-order valence-corrected chi connectivity index (χ4v) is 3.71. The number of aryl methyl sites for hydroxylation is 2. The van der Waals surface area contributed by atoms with Gasteiger partial charge in [-0.2, -0.15) is 0 Å². The Hall–Kier alpha value is -2.73. The van der Waals surface area contributed by atoms with Crippen LogP contribution in [0.3, 0.4) is 0 Å². The van der Waals surface area contributed by atoms with Crippen LogP contribution in [-0.4, -0.2) is 49.3 Å². The van der Waals surface area contributed by atoms with Crippen molar-refractivity contribution in [2.45, 2.75) is 27.2 Å². The van der Waals surface area contributed by atoms with E-state index in [1.165, 1.54) is 13.0 Å². The van der Waals surface area contributed by atoms with Crippen LogP contribution in [0.4, 0.5) is 15.8 Å². The molecular weight excluding hydrogens is 369 g/mol. The van der Waals surface area contributed by atoms with Crippen LogP contribution in [0.1, 0.15) is 35.3 Å². The van der Waals surface area contributed by atoms with Crippen molar-refractivity contribution >= 4 is 23.1 Å². The number of halogens is 1. The summed E-state index contributed by atoms with van der Waals surface area (Å²) >= 11 is 0. The summed E-state index contributed by atoms with van der Waals surface area (Å²) in [6, 6.07) is 10.7. The Morgan fingerprint density at radius 1 is 1.10 bits per heavy atom. The fourth-order valence-electron chi connectivity index (χ4n) is 3.71. The molecule has 0 aliphatic carbocycles. The number of amides is 1. The minimum atomic E-state index is -0.379. The number of para-hydroxylation sites is 1. The second kappa shape index (κ2) is 9.18. The zero-order valence-electron chi connectivity index (χ0n) is 17.3. The van der Waals surface area contributed by atoms with Crippen molar-refractivity contribution in [2.75, 3.05) is 42.9 Å². The van der Waals surface area contributed by atoms with Gasteiger partial charge in [0.25, 0.3) is 0 Å². The van der Waals surface area contributed by atoms with Gasteiger partial charge < -0.3 is 10.2 Å². The SMILES string of the molecule is CCc1cccc(C)c1NC(=O)CN1CCN(c2ccc(C(C)=O)cc2F)CC1. The van der Waals surface area contributed by atoms with E-state index in [0.717, 1.165) is 23.2 Å². The van der Waals surface area contributed by atoms with E-state index in [1.54, 1.807) is 12.1 Å². The molecule has 0 aromatic heterocycles. The van der Waals surface area contributed by atoms with Crippen LogP contribution < -0.4 is 10.2 Å². The largest absolute Gasteiger partial charge is 0.367 e. The van der Waals surface area contributed by atoms with E-state index in [1.807, 2.05) is 30.0 Å². The second-order valence-electron chi connectivity index (χ2n) is 7.50. The Kier molecular flexibility index (Phi) is 6.64. The molecule has 2 aromatic rings. The van der Waals surface area contributed by atoms with Gasteiger partial charge in [-0.1, -0.05) is 25.1 Å². The van der Waals surface area contributed by atoms with E-state index >= 15 is 0 Å². The van der Waals surface area contributed by atoms with Crippen LogP contribution in [-0.2, 0) is 11.2 Å². The average molecular weight is 397 g/mol. The van der Waals surface area contributed by atoms with Crippen molar-refractivity contribution in [2.24, 2.45) is 0 Å². The molecule has 0 radical (unpaired) electrons. The normalized spacial score (nSPS) is 14.7. The maximum absolute atomic E-state index is 14.4. The number of ketones is 1. The zero-order chi connectivity index (χ0) is 21.0. The fraction of sp³-hybridized carbons (Fsp3) is 0.391. The monoisotopic (exact) mass is 397 g/mol. The van der Waals surface area contributed by atoms with Gasteiger partial charge in [0, 0.05) is 37.4 Å². The molecule has 5 nitrogen and oxygen atoms in total. The van der Waals surface area contributed by atoms with Crippen molar-refractivity contribution in [1.82, 2.24) is 4.90 Å². The van der Waals surface area contributed by atoms with Gasteiger partial charge >= 0.3 is 0 Å². The lowest BCUT2D eigenvalue weighted by Gasteiger charge is -2.36. The van der Waals surface area contributed by atoms with Crippen molar-refractivity contribution < 1.29 is 14.0 Å². The van der Waals surface area contributed by atoms with Gasteiger partial charge in [0.2, 0.25) is 5.91 Å². The molecule has 0 unspecified atom stereocenters. The molecule has 0 atom stereocenters. The molecule has 0 saturated carbocycles. The van der Waals surface area contributed by atoms with Gasteiger partial charge in [-0.25, -0.2) is 4.39 Å². The summed E-state index contributed by atoms with van der Waals surface area (Å²) < 4.78 is 14.4. The van der Waals surface area contributed by atoms with E-state index in [4.69, 9.17) is 0 Å². The predicted octanol–water partition coefficient (Wildman–Crippen LogP) is 3.66. The molecule has 1 N–H and O–H groups in total. The number of hydrogen-bond acceptors (Lipinski definition) is 4. The number of piperazine rings is 1. The Morgan fingerprint density at radius 3 is 2.45 bits per heavy atom. The van der Waals surface area contributed by atoms with E-state index in [0.29, 0.717) is 44.0 Å².